The van der Waals surface area contributed by atoms with Gasteiger partial charge in [0.05, 0.1) is 23.7 Å². The Labute approximate surface area is 179 Å². The van der Waals surface area contributed by atoms with Gasteiger partial charge < -0.3 is 15.4 Å². The second-order valence-electron chi connectivity index (χ2n) is 8.24. The third kappa shape index (κ3) is 5.86. The molecule has 0 saturated carbocycles. The first kappa shape index (κ1) is 21.9. The lowest BCUT2D eigenvalue weighted by atomic mass is 10.1. The Morgan fingerprint density at radius 3 is 2.52 bits per heavy atom. The van der Waals surface area contributed by atoms with Gasteiger partial charge >= 0.3 is 0 Å². The molecule has 0 bridgehead atoms. The minimum Gasteiger partial charge on any atom is -0.399 e. The third-order valence-corrected chi connectivity index (χ3v) is 6.73. The Morgan fingerprint density at radius 1 is 1.17 bits per heavy atom. The Bertz CT molecular complexity index is 788. The molecule has 1 atom stereocenters. The second-order valence-corrected chi connectivity index (χ2v) is 10.3. The molecule has 1 unspecified atom stereocenters. The van der Waals surface area contributed by atoms with E-state index in [0.717, 1.165) is 54.9 Å². The molecule has 1 aromatic carbocycles. The van der Waals surface area contributed by atoms with Gasteiger partial charge in [-0.3, -0.25) is 0 Å². The van der Waals surface area contributed by atoms with Crippen LogP contribution in [0.4, 0.5) is 11.5 Å². The minimum absolute atomic E-state index is 0.0975. The average Bonchev–Trinajstić information content (AvgIpc) is 2.73. The van der Waals surface area contributed by atoms with Crippen molar-refractivity contribution in [2.45, 2.75) is 57.0 Å². The van der Waals surface area contributed by atoms with Crippen LogP contribution in [0.25, 0.3) is 11.4 Å². The van der Waals surface area contributed by atoms with E-state index >= 15 is 0 Å². The van der Waals surface area contributed by atoms with Crippen molar-refractivity contribution in [2.75, 3.05) is 36.9 Å². The first-order chi connectivity index (χ1) is 13.9. The number of benzene rings is 1. The summed E-state index contributed by atoms with van der Waals surface area (Å²) in [6.45, 7) is 12.3. The van der Waals surface area contributed by atoms with Crippen molar-refractivity contribution in [3.8, 4) is 11.4 Å². The summed E-state index contributed by atoms with van der Waals surface area (Å²) >= 11 is 2.00. The molecular formula is C23H34N4OS. The molecule has 0 amide bonds. The SMILES string of the molecule is CCCCC(C)SC(C)(C)c1cc(N2CCOCC2)nc(-c2ccc(N)cc2)n1. The number of nitrogens with zero attached hydrogens (tertiary/aromatic N) is 3. The van der Waals surface area contributed by atoms with E-state index < -0.39 is 0 Å². The quantitative estimate of drug-likeness (QED) is 0.606. The predicted octanol–water partition coefficient (Wildman–Crippen LogP) is 5.11. The van der Waals surface area contributed by atoms with Gasteiger partial charge in [0.25, 0.3) is 0 Å². The molecule has 29 heavy (non-hydrogen) atoms. The molecule has 1 fully saturated rings. The maximum absolute atomic E-state index is 5.88. The molecule has 1 aliphatic heterocycles. The van der Waals surface area contributed by atoms with E-state index in [2.05, 4.69) is 38.7 Å². The van der Waals surface area contributed by atoms with E-state index in [-0.39, 0.29) is 4.75 Å². The molecule has 0 radical (unpaired) electrons. The zero-order chi connectivity index (χ0) is 20.9. The molecule has 3 rings (SSSR count). The number of anilines is 2. The molecule has 158 valence electrons. The minimum atomic E-state index is -0.0975. The van der Waals surface area contributed by atoms with Crippen molar-refractivity contribution >= 4 is 23.3 Å². The van der Waals surface area contributed by atoms with Gasteiger partial charge in [0.1, 0.15) is 5.82 Å². The van der Waals surface area contributed by atoms with Crippen LogP contribution in [0.1, 0.15) is 52.7 Å². The van der Waals surface area contributed by atoms with E-state index in [1.165, 1.54) is 19.3 Å². The van der Waals surface area contributed by atoms with Crippen molar-refractivity contribution in [3.63, 3.8) is 0 Å². The van der Waals surface area contributed by atoms with Gasteiger partial charge in [0.15, 0.2) is 5.82 Å². The number of hydrogen-bond acceptors (Lipinski definition) is 6. The number of rotatable bonds is 8. The second kappa shape index (κ2) is 9.81. The average molecular weight is 415 g/mol. The first-order valence-corrected chi connectivity index (χ1v) is 11.5. The van der Waals surface area contributed by atoms with Crippen LogP contribution in [-0.2, 0) is 9.48 Å². The molecular weight excluding hydrogens is 380 g/mol. The highest BCUT2D eigenvalue weighted by Gasteiger charge is 2.28. The van der Waals surface area contributed by atoms with Gasteiger partial charge in [0.2, 0.25) is 0 Å². The Balaban J connectivity index is 1.96. The molecule has 6 heteroatoms. The largest absolute Gasteiger partial charge is 0.399 e. The number of hydrogen-bond donors (Lipinski definition) is 1. The van der Waals surface area contributed by atoms with Crippen LogP contribution in [-0.4, -0.2) is 41.5 Å². The molecule has 1 saturated heterocycles. The van der Waals surface area contributed by atoms with Crippen molar-refractivity contribution < 1.29 is 4.74 Å². The number of morpholine rings is 1. The Morgan fingerprint density at radius 2 is 1.86 bits per heavy atom. The van der Waals surface area contributed by atoms with Gasteiger partial charge in [0, 0.05) is 35.7 Å². The number of nitrogens with two attached hydrogens (primary N) is 1. The summed E-state index contributed by atoms with van der Waals surface area (Å²) in [4.78, 5) is 12.2. The lowest BCUT2D eigenvalue weighted by Crippen LogP contribution is -2.37. The summed E-state index contributed by atoms with van der Waals surface area (Å²) in [5.41, 5.74) is 8.70. The number of nitrogen functional groups attached to an aromatic ring is 1. The standard InChI is InChI=1S/C23H34N4OS/c1-5-6-7-17(2)29-23(3,4)20-16-21(27-12-14-28-15-13-27)26-22(25-20)18-8-10-19(24)11-9-18/h8-11,16-17H,5-7,12-15,24H2,1-4H3. The highest BCUT2D eigenvalue weighted by atomic mass is 32.2. The lowest BCUT2D eigenvalue weighted by Gasteiger charge is -2.31. The summed E-state index contributed by atoms with van der Waals surface area (Å²) in [6, 6.07) is 9.99. The molecule has 5 nitrogen and oxygen atoms in total. The van der Waals surface area contributed by atoms with Gasteiger partial charge in [-0.2, -0.15) is 0 Å². The Kier molecular flexibility index (Phi) is 7.41. The van der Waals surface area contributed by atoms with E-state index in [1.807, 2.05) is 36.0 Å². The number of ether oxygens (including phenoxy) is 1. The topological polar surface area (TPSA) is 64.3 Å². The number of unbranched alkanes of at least 4 members (excludes halogenated alkanes) is 1. The monoisotopic (exact) mass is 414 g/mol. The van der Waals surface area contributed by atoms with E-state index in [4.69, 9.17) is 20.4 Å². The summed E-state index contributed by atoms with van der Waals surface area (Å²) in [5, 5.41) is 0.590. The number of thioether (sulfide) groups is 1. The van der Waals surface area contributed by atoms with Crippen LogP contribution in [0.3, 0.4) is 0 Å². The van der Waals surface area contributed by atoms with Crippen LogP contribution in [0.5, 0.6) is 0 Å². The van der Waals surface area contributed by atoms with Crippen LogP contribution >= 0.6 is 11.8 Å². The van der Waals surface area contributed by atoms with Crippen LogP contribution in [0.2, 0.25) is 0 Å². The molecule has 2 aromatic rings. The van der Waals surface area contributed by atoms with Gasteiger partial charge in [-0.1, -0.05) is 26.7 Å². The molecule has 1 aromatic heterocycles. The van der Waals surface area contributed by atoms with Crippen molar-refractivity contribution in [2.24, 2.45) is 0 Å². The molecule has 0 aliphatic carbocycles. The van der Waals surface area contributed by atoms with Gasteiger partial charge in [-0.25, -0.2) is 9.97 Å². The molecule has 2 heterocycles. The normalized spacial score (nSPS) is 16.1. The van der Waals surface area contributed by atoms with Crippen molar-refractivity contribution in [1.82, 2.24) is 9.97 Å². The predicted molar refractivity (Wildman–Crippen MR) is 125 cm³/mol. The lowest BCUT2D eigenvalue weighted by molar-refractivity contribution is 0.122. The van der Waals surface area contributed by atoms with Crippen LogP contribution in [0, 0.1) is 0 Å². The summed E-state index contributed by atoms with van der Waals surface area (Å²) in [5.74, 6) is 1.75. The summed E-state index contributed by atoms with van der Waals surface area (Å²) in [7, 11) is 0. The smallest absolute Gasteiger partial charge is 0.161 e. The van der Waals surface area contributed by atoms with Gasteiger partial charge in [-0.15, -0.1) is 11.8 Å². The van der Waals surface area contributed by atoms with Crippen LogP contribution in [0.15, 0.2) is 30.3 Å². The first-order valence-electron chi connectivity index (χ1n) is 10.6. The Hall–Kier alpha value is -1.79. The zero-order valence-electron chi connectivity index (χ0n) is 18.1. The van der Waals surface area contributed by atoms with Crippen molar-refractivity contribution in [1.29, 1.82) is 0 Å². The molecule has 2 N–H and O–H groups in total. The molecule has 1 aliphatic rings. The fourth-order valence-corrected chi connectivity index (χ4v) is 5.09. The maximum atomic E-state index is 5.88. The fraction of sp³-hybridized carbons (Fsp3) is 0.565. The zero-order valence-corrected chi connectivity index (χ0v) is 19.0. The van der Waals surface area contributed by atoms with E-state index in [0.29, 0.717) is 5.25 Å². The highest BCUT2D eigenvalue weighted by Crippen LogP contribution is 2.40. The summed E-state index contributed by atoms with van der Waals surface area (Å²) < 4.78 is 5.44. The molecule has 0 spiro atoms. The van der Waals surface area contributed by atoms with Gasteiger partial charge in [-0.05, 0) is 44.5 Å². The fourth-order valence-electron chi connectivity index (χ4n) is 3.57. The maximum Gasteiger partial charge on any atom is 0.161 e. The highest BCUT2D eigenvalue weighted by molar-refractivity contribution is 8.00. The summed E-state index contributed by atoms with van der Waals surface area (Å²) in [6.07, 6.45) is 3.74. The third-order valence-electron chi connectivity index (χ3n) is 5.29. The van der Waals surface area contributed by atoms with E-state index in [1.54, 1.807) is 0 Å². The number of aromatic nitrogens is 2. The van der Waals surface area contributed by atoms with Crippen molar-refractivity contribution in [3.05, 3.63) is 36.0 Å². The van der Waals surface area contributed by atoms with Crippen LogP contribution < -0.4 is 10.6 Å². The van der Waals surface area contributed by atoms with E-state index in [9.17, 15) is 0 Å².